The summed E-state index contributed by atoms with van der Waals surface area (Å²) in [5, 5.41) is 0. The van der Waals surface area contributed by atoms with E-state index in [1.807, 2.05) is 0 Å². The summed E-state index contributed by atoms with van der Waals surface area (Å²) in [4.78, 5) is 0. The third kappa shape index (κ3) is 8.30. The van der Waals surface area contributed by atoms with Crippen molar-refractivity contribution in [3.05, 3.63) is 114 Å². The van der Waals surface area contributed by atoms with E-state index in [-0.39, 0.29) is 0 Å². The molecule has 5 rings (SSSR count). The molecule has 0 saturated heterocycles. The SMILES string of the molecule is CCCOc1c2cccc1Cc1cc(Br)cc(c1OCCC)Cc1cccc(c1OCCC)Cc1cc(Br)cc(c1OCCC)C2. The average molecular weight is 751 g/mol. The van der Waals surface area contributed by atoms with Gasteiger partial charge in [-0.1, -0.05) is 96.0 Å². The lowest BCUT2D eigenvalue weighted by molar-refractivity contribution is 0.304. The molecule has 1 aliphatic rings. The predicted molar refractivity (Wildman–Crippen MR) is 196 cm³/mol. The Morgan fingerprint density at radius 3 is 0.891 bits per heavy atom. The maximum absolute atomic E-state index is 6.58. The van der Waals surface area contributed by atoms with Gasteiger partial charge in [-0.3, -0.25) is 0 Å². The first kappa shape index (κ1) is 34.4. The van der Waals surface area contributed by atoms with Crippen molar-refractivity contribution in [2.75, 3.05) is 26.4 Å². The lowest BCUT2D eigenvalue weighted by Gasteiger charge is -2.23. The Morgan fingerprint density at radius 1 is 0.413 bits per heavy atom. The monoisotopic (exact) mass is 748 g/mol. The first-order valence-electron chi connectivity index (χ1n) is 16.8. The number of ether oxygens (including phenoxy) is 4. The van der Waals surface area contributed by atoms with E-state index in [0.29, 0.717) is 52.1 Å². The molecule has 1 aliphatic carbocycles. The van der Waals surface area contributed by atoms with E-state index in [1.54, 1.807) is 0 Å². The van der Waals surface area contributed by atoms with Crippen LogP contribution in [0.5, 0.6) is 23.0 Å². The minimum atomic E-state index is 0.657. The van der Waals surface area contributed by atoms with Crippen LogP contribution >= 0.6 is 31.9 Å². The Balaban J connectivity index is 1.79. The van der Waals surface area contributed by atoms with Crippen molar-refractivity contribution < 1.29 is 18.9 Å². The van der Waals surface area contributed by atoms with Crippen LogP contribution < -0.4 is 18.9 Å². The van der Waals surface area contributed by atoms with Crippen molar-refractivity contribution in [1.82, 2.24) is 0 Å². The molecule has 0 N–H and O–H groups in total. The molecular weight excluding hydrogens is 704 g/mol. The molecule has 0 fully saturated rings. The second-order valence-corrected chi connectivity index (χ2v) is 13.8. The maximum Gasteiger partial charge on any atom is 0.126 e. The Kier molecular flexibility index (Phi) is 12.5. The van der Waals surface area contributed by atoms with Gasteiger partial charge in [0.25, 0.3) is 0 Å². The van der Waals surface area contributed by atoms with Crippen molar-refractivity contribution in [1.29, 1.82) is 0 Å². The van der Waals surface area contributed by atoms with Gasteiger partial charge in [0.1, 0.15) is 23.0 Å². The highest BCUT2D eigenvalue weighted by molar-refractivity contribution is 9.10. The molecule has 244 valence electrons. The summed E-state index contributed by atoms with van der Waals surface area (Å²) in [6, 6.07) is 21.9. The van der Waals surface area contributed by atoms with Gasteiger partial charge < -0.3 is 18.9 Å². The van der Waals surface area contributed by atoms with Gasteiger partial charge in [-0.05, 0) is 72.2 Å². The summed E-state index contributed by atoms with van der Waals surface area (Å²) in [5.74, 6) is 3.84. The van der Waals surface area contributed by atoms with Crippen molar-refractivity contribution in [2.45, 2.75) is 79.1 Å². The molecule has 6 heteroatoms. The number of fused-ring (bicyclic) bond motifs is 8. The number of rotatable bonds is 12. The first-order valence-corrected chi connectivity index (χ1v) is 18.4. The highest BCUT2D eigenvalue weighted by Crippen LogP contribution is 2.41. The summed E-state index contributed by atoms with van der Waals surface area (Å²) in [6.45, 7) is 11.3. The minimum Gasteiger partial charge on any atom is -0.493 e. The zero-order valence-electron chi connectivity index (χ0n) is 27.6. The fourth-order valence-corrected chi connectivity index (χ4v) is 7.27. The standard InChI is InChI=1S/C40H46Br2O4/c1-5-15-43-37-27-11-9-12-28(37)20-32-24-36(42)26-34(40(32)46-18-8-4)22-30-14-10-13-29(38(30)44-16-6-2)21-33-25-35(41)23-31(19-27)39(33)45-17-7-3/h9-14,23-26H,5-8,15-22H2,1-4H3. The third-order valence-electron chi connectivity index (χ3n) is 8.10. The van der Waals surface area contributed by atoms with Crippen LogP contribution in [0.25, 0.3) is 0 Å². The average Bonchev–Trinajstić information content (AvgIpc) is 3.03. The number of hydrogen-bond acceptors (Lipinski definition) is 4. The summed E-state index contributed by atoms with van der Waals surface area (Å²) >= 11 is 7.70. The van der Waals surface area contributed by atoms with Crippen LogP contribution in [0.4, 0.5) is 0 Å². The third-order valence-corrected chi connectivity index (χ3v) is 9.01. The van der Waals surface area contributed by atoms with Gasteiger partial charge in [0, 0.05) is 56.9 Å². The molecule has 0 radical (unpaired) electrons. The molecule has 46 heavy (non-hydrogen) atoms. The zero-order chi connectivity index (χ0) is 32.5. The van der Waals surface area contributed by atoms with Gasteiger partial charge in [0.05, 0.1) is 26.4 Å². The van der Waals surface area contributed by atoms with E-state index in [9.17, 15) is 0 Å². The van der Waals surface area contributed by atoms with E-state index in [4.69, 9.17) is 18.9 Å². The van der Waals surface area contributed by atoms with Gasteiger partial charge in [0.15, 0.2) is 0 Å². The Hall–Kier alpha value is -2.96. The van der Waals surface area contributed by atoms with Crippen molar-refractivity contribution in [3.63, 3.8) is 0 Å². The van der Waals surface area contributed by atoms with Gasteiger partial charge in [-0.2, -0.15) is 0 Å². The normalized spacial score (nSPS) is 12.5. The van der Waals surface area contributed by atoms with Gasteiger partial charge in [0.2, 0.25) is 0 Å². The number of para-hydroxylation sites is 2. The zero-order valence-corrected chi connectivity index (χ0v) is 30.8. The summed E-state index contributed by atoms with van der Waals surface area (Å²) < 4.78 is 28.4. The van der Waals surface area contributed by atoms with Crippen molar-refractivity contribution in [3.8, 4) is 23.0 Å². The van der Waals surface area contributed by atoms with Crippen LogP contribution in [0, 0.1) is 0 Å². The number of benzene rings is 4. The van der Waals surface area contributed by atoms with Crippen LogP contribution in [0.2, 0.25) is 0 Å². The van der Waals surface area contributed by atoms with E-state index in [0.717, 1.165) is 102 Å². The highest BCUT2D eigenvalue weighted by Gasteiger charge is 2.22. The van der Waals surface area contributed by atoms with E-state index in [1.165, 1.54) is 0 Å². The van der Waals surface area contributed by atoms with Crippen molar-refractivity contribution in [2.24, 2.45) is 0 Å². The molecule has 4 aromatic carbocycles. The van der Waals surface area contributed by atoms with E-state index in [2.05, 4.69) is 120 Å². The summed E-state index contributed by atoms with van der Waals surface area (Å²) in [7, 11) is 0. The van der Waals surface area contributed by atoms with Crippen LogP contribution in [0.3, 0.4) is 0 Å². The maximum atomic E-state index is 6.58. The van der Waals surface area contributed by atoms with Crippen LogP contribution in [0.15, 0.2) is 69.6 Å². The molecule has 0 amide bonds. The van der Waals surface area contributed by atoms with Gasteiger partial charge >= 0.3 is 0 Å². The smallest absolute Gasteiger partial charge is 0.126 e. The number of halogens is 2. The van der Waals surface area contributed by atoms with E-state index >= 15 is 0 Å². The molecule has 0 aliphatic heterocycles. The molecule has 0 spiro atoms. The lowest BCUT2D eigenvalue weighted by atomic mass is 9.91. The second-order valence-electron chi connectivity index (χ2n) is 12.0. The van der Waals surface area contributed by atoms with Crippen LogP contribution in [-0.4, -0.2) is 26.4 Å². The molecule has 0 atom stereocenters. The minimum absolute atomic E-state index is 0.657. The predicted octanol–water partition coefficient (Wildman–Crippen LogP) is 11.0. The molecule has 4 aromatic rings. The molecule has 8 bridgehead atoms. The largest absolute Gasteiger partial charge is 0.493 e. The first-order chi connectivity index (χ1) is 22.4. The Labute approximate surface area is 292 Å². The second kappa shape index (κ2) is 16.7. The summed E-state index contributed by atoms with van der Waals surface area (Å²) in [5.41, 5.74) is 9.21. The molecule has 0 saturated carbocycles. The quantitative estimate of drug-likeness (QED) is 0.127. The topological polar surface area (TPSA) is 36.9 Å². The van der Waals surface area contributed by atoms with Gasteiger partial charge in [-0.15, -0.1) is 0 Å². The molecular formula is C40H46Br2O4. The molecule has 0 unspecified atom stereocenters. The van der Waals surface area contributed by atoms with Crippen LogP contribution in [-0.2, 0) is 25.7 Å². The van der Waals surface area contributed by atoms with E-state index < -0.39 is 0 Å². The van der Waals surface area contributed by atoms with Gasteiger partial charge in [-0.25, -0.2) is 0 Å². The Bertz CT molecular complexity index is 1420. The fraction of sp³-hybridized carbons (Fsp3) is 0.400. The molecule has 0 aromatic heterocycles. The van der Waals surface area contributed by atoms with Crippen LogP contribution in [0.1, 0.15) is 97.9 Å². The fourth-order valence-electron chi connectivity index (χ4n) is 6.16. The highest BCUT2D eigenvalue weighted by atomic mass is 79.9. The van der Waals surface area contributed by atoms with Crippen molar-refractivity contribution >= 4 is 31.9 Å². The Morgan fingerprint density at radius 2 is 0.652 bits per heavy atom. The lowest BCUT2D eigenvalue weighted by Crippen LogP contribution is -2.10. The molecule has 4 nitrogen and oxygen atoms in total. The number of hydrogen-bond donors (Lipinski definition) is 0. The molecule has 0 heterocycles. The summed E-state index contributed by atoms with van der Waals surface area (Å²) in [6.07, 6.45) is 6.52.